The van der Waals surface area contributed by atoms with Crippen LogP contribution in [-0.2, 0) is 15.0 Å². The molecule has 0 aliphatic heterocycles. The summed E-state index contributed by atoms with van der Waals surface area (Å²) in [6.07, 6.45) is 1.24. The van der Waals surface area contributed by atoms with E-state index in [1.54, 1.807) is 18.2 Å². The highest BCUT2D eigenvalue weighted by Crippen LogP contribution is 2.53. The molecule has 1 aromatic carbocycles. The molecule has 2 N–H and O–H groups in total. The van der Waals surface area contributed by atoms with Crippen molar-refractivity contribution in [2.45, 2.75) is 31.2 Å². The fourth-order valence-electron chi connectivity index (χ4n) is 2.07. The Labute approximate surface area is 120 Å². The number of hydrogen-bond acceptors (Lipinski definition) is 2. The summed E-state index contributed by atoms with van der Waals surface area (Å²) >= 11 is 12.2. The lowest BCUT2D eigenvalue weighted by Gasteiger charge is -2.20. The molecule has 2 rings (SSSR count). The maximum atomic E-state index is 12.3. The SMILES string of the molecule is C[C@H](NC(=O)C1(c2c(Cl)cccc2Cl)CC1)C(=O)O. The van der Waals surface area contributed by atoms with Crippen molar-refractivity contribution in [1.82, 2.24) is 5.32 Å². The van der Waals surface area contributed by atoms with Crippen molar-refractivity contribution in [2.75, 3.05) is 0 Å². The first kappa shape index (κ1) is 14.2. The van der Waals surface area contributed by atoms with E-state index < -0.39 is 17.4 Å². The summed E-state index contributed by atoms with van der Waals surface area (Å²) < 4.78 is 0. The van der Waals surface area contributed by atoms with Gasteiger partial charge in [0.2, 0.25) is 5.91 Å². The number of carbonyl (C=O) groups excluding carboxylic acids is 1. The van der Waals surface area contributed by atoms with E-state index in [4.69, 9.17) is 28.3 Å². The number of carboxylic acids is 1. The molecule has 1 fully saturated rings. The molecule has 1 atom stereocenters. The van der Waals surface area contributed by atoms with Crippen LogP contribution in [0, 0.1) is 0 Å². The lowest BCUT2D eigenvalue weighted by molar-refractivity contribution is -0.141. The molecule has 1 aliphatic rings. The second kappa shape index (κ2) is 5.02. The average molecular weight is 302 g/mol. The Morgan fingerprint density at radius 2 is 1.84 bits per heavy atom. The molecule has 0 aromatic heterocycles. The molecule has 0 heterocycles. The Morgan fingerprint density at radius 3 is 2.26 bits per heavy atom. The van der Waals surface area contributed by atoms with Crippen LogP contribution in [0.1, 0.15) is 25.3 Å². The second-order valence-electron chi connectivity index (χ2n) is 4.71. The molecule has 0 bridgehead atoms. The maximum Gasteiger partial charge on any atom is 0.325 e. The van der Waals surface area contributed by atoms with Crippen LogP contribution in [0.25, 0.3) is 0 Å². The molecule has 19 heavy (non-hydrogen) atoms. The van der Waals surface area contributed by atoms with Crippen LogP contribution in [0.2, 0.25) is 10.0 Å². The van der Waals surface area contributed by atoms with Crippen molar-refractivity contribution >= 4 is 35.1 Å². The standard InChI is InChI=1S/C13H13Cl2NO3/c1-7(11(17)18)16-12(19)13(5-6-13)10-8(14)3-2-4-9(10)15/h2-4,7H,5-6H2,1H3,(H,16,19)(H,17,18)/t7-/m0/s1. The van der Waals surface area contributed by atoms with E-state index in [9.17, 15) is 9.59 Å². The molecule has 0 radical (unpaired) electrons. The minimum absolute atomic E-state index is 0.336. The van der Waals surface area contributed by atoms with Crippen molar-refractivity contribution in [3.05, 3.63) is 33.8 Å². The van der Waals surface area contributed by atoms with Gasteiger partial charge in [-0.15, -0.1) is 0 Å². The van der Waals surface area contributed by atoms with Gasteiger partial charge >= 0.3 is 5.97 Å². The molecule has 0 saturated heterocycles. The predicted molar refractivity (Wildman–Crippen MR) is 72.6 cm³/mol. The van der Waals surface area contributed by atoms with Gasteiger partial charge in [0.25, 0.3) is 0 Å². The largest absolute Gasteiger partial charge is 0.480 e. The molecule has 4 nitrogen and oxygen atoms in total. The molecule has 0 spiro atoms. The highest BCUT2D eigenvalue weighted by molar-refractivity contribution is 6.36. The van der Waals surface area contributed by atoms with Crippen LogP contribution in [0.4, 0.5) is 0 Å². The molecular formula is C13H13Cl2NO3. The molecule has 6 heteroatoms. The number of hydrogen-bond donors (Lipinski definition) is 2. The summed E-state index contributed by atoms with van der Waals surface area (Å²) in [5, 5.41) is 12.2. The van der Waals surface area contributed by atoms with Crippen LogP contribution in [-0.4, -0.2) is 23.0 Å². The van der Waals surface area contributed by atoms with Crippen molar-refractivity contribution < 1.29 is 14.7 Å². The van der Waals surface area contributed by atoms with Crippen LogP contribution in [0.5, 0.6) is 0 Å². The molecular weight excluding hydrogens is 289 g/mol. The van der Waals surface area contributed by atoms with Gasteiger partial charge in [-0.05, 0) is 31.9 Å². The van der Waals surface area contributed by atoms with E-state index in [0.29, 0.717) is 28.5 Å². The fraction of sp³-hybridized carbons (Fsp3) is 0.385. The van der Waals surface area contributed by atoms with Gasteiger partial charge in [0, 0.05) is 15.6 Å². The fourth-order valence-corrected chi connectivity index (χ4v) is 2.83. The smallest absolute Gasteiger partial charge is 0.325 e. The first-order valence-electron chi connectivity index (χ1n) is 5.87. The quantitative estimate of drug-likeness (QED) is 0.898. The number of amides is 1. The minimum atomic E-state index is -1.07. The molecule has 1 amide bonds. The molecule has 1 saturated carbocycles. The Hall–Kier alpha value is -1.26. The Morgan fingerprint density at radius 1 is 1.32 bits per heavy atom. The van der Waals surface area contributed by atoms with E-state index in [0.717, 1.165) is 0 Å². The summed E-state index contributed by atoms with van der Waals surface area (Å²) in [6, 6.07) is 4.13. The van der Waals surface area contributed by atoms with E-state index >= 15 is 0 Å². The number of carboxylic acid groups (broad SMARTS) is 1. The third-order valence-electron chi connectivity index (χ3n) is 3.34. The third-order valence-corrected chi connectivity index (χ3v) is 3.97. The van der Waals surface area contributed by atoms with Gasteiger partial charge in [-0.3, -0.25) is 9.59 Å². The van der Waals surface area contributed by atoms with Gasteiger partial charge in [-0.25, -0.2) is 0 Å². The van der Waals surface area contributed by atoms with Crippen molar-refractivity contribution in [3.8, 4) is 0 Å². The molecule has 102 valence electrons. The van der Waals surface area contributed by atoms with Crippen LogP contribution >= 0.6 is 23.2 Å². The first-order valence-corrected chi connectivity index (χ1v) is 6.62. The predicted octanol–water partition coefficient (Wildman–Crippen LogP) is 2.61. The number of aliphatic carboxylic acids is 1. The van der Waals surface area contributed by atoms with Gasteiger partial charge in [-0.1, -0.05) is 29.3 Å². The second-order valence-corrected chi connectivity index (χ2v) is 5.53. The van der Waals surface area contributed by atoms with Crippen LogP contribution < -0.4 is 5.32 Å². The lowest BCUT2D eigenvalue weighted by Crippen LogP contribution is -2.44. The van der Waals surface area contributed by atoms with E-state index in [1.807, 2.05) is 0 Å². The highest BCUT2D eigenvalue weighted by atomic mass is 35.5. The topological polar surface area (TPSA) is 66.4 Å². The van der Waals surface area contributed by atoms with Crippen molar-refractivity contribution in [3.63, 3.8) is 0 Å². The number of benzene rings is 1. The summed E-state index contributed by atoms with van der Waals surface area (Å²) in [7, 11) is 0. The summed E-state index contributed by atoms with van der Waals surface area (Å²) in [4.78, 5) is 23.0. The normalized spacial score (nSPS) is 17.6. The van der Waals surface area contributed by atoms with Gasteiger partial charge < -0.3 is 10.4 Å². The summed E-state index contributed by atoms with van der Waals surface area (Å²) in [5.74, 6) is -1.41. The Balaban J connectivity index is 2.29. The van der Waals surface area contributed by atoms with Crippen molar-refractivity contribution in [2.24, 2.45) is 0 Å². The zero-order valence-corrected chi connectivity index (χ0v) is 11.8. The molecule has 1 aliphatic carbocycles. The Kier molecular flexibility index (Phi) is 3.74. The molecule has 1 aromatic rings. The number of nitrogens with one attached hydrogen (secondary N) is 1. The maximum absolute atomic E-state index is 12.3. The highest BCUT2D eigenvalue weighted by Gasteiger charge is 2.53. The Bertz CT molecular complexity index is 520. The van der Waals surface area contributed by atoms with Crippen LogP contribution in [0.15, 0.2) is 18.2 Å². The number of rotatable bonds is 4. The minimum Gasteiger partial charge on any atom is -0.480 e. The number of halogens is 2. The molecule has 0 unspecified atom stereocenters. The first-order chi connectivity index (χ1) is 8.88. The van der Waals surface area contributed by atoms with E-state index in [-0.39, 0.29) is 5.91 Å². The number of carbonyl (C=O) groups is 2. The van der Waals surface area contributed by atoms with Crippen molar-refractivity contribution in [1.29, 1.82) is 0 Å². The summed E-state index contributed by atoms with van der Waals surface area (Å²) in [5.41, 5.74) is -0.188. The zero-order valence-electron chi connectivity index (χ0n) is 10.2. The lowest BCUT2D eigenvalue weighted by atomic mass is 9.94. The third kappa shape index (κ3) is 2.55. The average Bonchev–Trinajstić information content (AvgIpc) is 3.10. The zero-order chi connectivity index (χ0) is 14.2. The van der Waals surface area contributed by atoms with Gasteiger partial charge in [0.15, 0.2) is 0 Å². The van der Waals surface area contributed by atoms with E-state index in [2.05, 4.69) is 5.32 Å². The van der Waals surface area contributed by atoms with Gasteiger partial charge in [0.1, 0.15) is 6.04 Å². The van der Waals surface area contributed by atoms with Gasteiger partial charge in [0.05, 0.1) is 5.41 Å². The van der Waals surface area contributed by atoms with Gasteiger partial charge in [-0.2, -0.15) is 0 Å². The monoisotopic (exact) mass is 301 g/mol. The summed E-state index contributed by atoms with van der Waals surface area (Å²) in [6.45, 7) is 1.42. The van der Waals surface area contributed by atoms with E-state index in [1.165, 1.54) is 6.92 Å². The van der Waals surface area contributed by atoms with Crippen LogP contribution in [0.3, 0.4) is 0 Å².